The quantitative estimate of drug-likeness (QED) is 0.512. The van der Waals surface area contributed by atoms with Gasteiger partial charge in [-0.15, -0.1) is 0 Å². The zero-order valence-electron chi connectivity index (χ0n) is 12.5. The largest absolute Gasteiger partial charge is 0.294 e. The molecule has 0 fully saturated rings. The van der Waals surface area contributed by atoms with Gasteiger partial charge in [-0.3, -0.25) is 9.36 Å². The number of benzene rings is 3. The molecular formula is C19H12Cl2N2O. The summed E-state index contributed by atoms with van der Waals surface area (Å²) in [6.07, 6.45) is 1.53. The van der Waals surface area contributed by atoms with Crippen LogP contribution in [0.2, 0.25) is 10.0 Å². The minimum Gasteiger partial charge on any atom is -0.294 e. The van der Waals surface area contributed by atoms with Gasteiger partial charge in [-0.05, 0) is 28.5 Å². The van der Waals surface area contributed by atoms with E-state index in [9.17, 15) is 4.79 Å². The van der Waals surface area contributed by atoms with E-state index in [1.807, 2.05) is 24.3 Å². The number of rotatable bonds is 2. The zero-order valence-corrected chi connectivity index (χ0v) is 14.1. The van der Waals surface area contributed by atoms with E-state index in [0.29, 0.717) is 27.5 Å². The third kappa shape index (κ3) is 2.56. The van der Waals surface area contributed by atoms with Crippen molar-refractivity contribution in [1.29, 1.82) is 0 Å². The highest BCUT2D eigenvalue weighted by molar-refractivity contribution is 6.38. The second kappa shape index (κ2) is 5.93. The molecule has 0 aliphatic carbocycles. The predicted octanol–water partition coefficient (Wildman–Crippen LogP) is 4.90. The van der Waals surface area contributed by atoms with Crippen molar-refractivity contribution in [2.45, 2.75) is 6.54 Å². The summed E-state index contributed by atoms with van der Waals surface area (Å²) >= 11 is 12.2. The minimum absolute atomic E-state index is 0.155. The molecule has 0 aliphatic heterocycles. The van der Waals surface area contributed by atoms with Gasteiger partial charge in [0.05, 0.1) is 28.8 Å². The molecule has 3 aromatic carbocycles. The summed E-state index contributed by atoms with van der Waals surface area (Å²) < 4.78 is 1.58. The van der Waals surface area contributed by atoms with E-state index in [0.717, 1.165) is 16.3 Å². The molecule has 0 spiro atoms. The summed E-state index contributed by atoms with van der Waals surface area (Å²) in [5.74, 6) is 0. The zero-order chi connectivity index (χ0) is 16.7. The fraction of sp³-hybridized carbons (Fsp3) is 0.0526. The van der Waals surface area contributed by atoms with Crippen molar-refractivity contribution in [2.75, 3.05) is 0 Å². The normalized spacial score (nSPS) is 11.2. The SMILES string of the molecule is O=c1c2cc(Cl)cc(Cl)c2ncn1Cc1cccc2ccccc12. The number of nitrogens with zero attached hydrogens (tertiary/aromatic N) is 2. The Hall–Kier alpha value is -2.36. The average Bonchev–Trinajstić information content (AvgIpc) is 2.58. The first kappa shape index (κ1) is 15.2. The van der Waals surface area contributed by atoms with Crippen molar-refractivity contribution in [3.8, 4) is 0 Å². The average molecular weight is 355 g/mol. The summed E-state index contributed by atoms with van der Waals surface area (Å²) in [6.45, 7) is 0.438. The van der Waals surface area contributed by atoms with Crippen LogP contribution >= 0.6 is 23.2 Å². The number of aromatic nitrogens is 2. The molecule has 0 atom stereocenters. The molecule has 0 unspecified atom stereocenters. The molecule has 1 heterocycles. The highest BCUT2D eigenvalue weighted by Crippen LogP contribution is 2.24. The van der Waals surface area contributed by atoms with Crippen LogP contribution in [-0.4, -0.2) is 9.55 Å². The van der Waals surface area contributed by atoms with Crippen molar-refractivity contribution in [2.24, 2.45) is 0 Å². The molecule has 0 saturated heterocycles. The summed E-state index contributed by atoms with van der Waals surface area (Å²) in [7, 11) is 0. The summed E-state index contributed by atoms with van der Waals surface area (Å²) in [4.78, 5) is 17.1. The van der Waals surface area contributed by atoms with E-state index < -0.39 is 0 Å². The van der Waals surface area contributed by atoms with Crippen LogP contribution in [0, 0.1) is 0 Å². The molecule has 118 valence electrons. The smallest absolute Gasteiger partial charge is 0.261 e. The van der Waals surface area contributed by atoms with Gasteiger partial charge >= 0.3 is 0 Å². The van der Waals surface area contributed by atoms with E-state index in [1.165, 1.54) is 6.33 Å². The summed E-state index contributed by atoms with van der Waals surface area (Å²) in [5.41, 5.74) is 1.38. The molecule has 3 nitrogen and oxygen atoms in total. The van der Waals surface area contributed by atoms with Gasteiger partial charge in [0.25, 0.3) is 5.56 Å². The van der Waals surface area contributed by atoms with Gasteiger partial charge in [0.1, 0.15) is 0 Å². The highest BCUT2D eigenvalue weighted by atomic mass is 35.5. The molecule has 24 heavy (non-hydrogen) atoms. The van der Waals surface area contributed by atoms with E-state index in [4.69, 9.17) is 23.2 Å². The molecule has 4 rings (SSSR count). The fourth-order valence-electron chi connectivity index (χ4n) is 2.92. The van der Waals surface area contributed by atoms with Crippen molar-refractivity contribution in [1.82, 2.24) is 9.55 Å². The maximum atomic E-state index is 12.8. The Kier molecular flexibility index (Phi) is 3.75. The predicted molar refractivity (Wildman–Crippen MR) is 99.1 cm³/mol. The van der Waals surface area contributed by atoms with Gasteiger partial charge in [-0.1, -0.05) is 65.7 Å². The molecule has 0 amide bonds. The van der Waals surface area contributed by atoms with Gasteiger partial charge in [-0.2, -0.15) is 0 Å². The number of hydrogen-bond acceptors (Lipinski definition) is 2. The van der Waals surface area contributed by atoms with Crippen LogP contribution in [0.25, 0.3) is 21.7 Å². The van der Waals surface area contributed by atoms with Crippen molar-refractivity contribution >= 4 is 44.9 Å². The van der Waals surface area contributed by atoms with Crippen LogP contribution in [0.15, 0.2) is 65.7 Å². The van der Waals surface area contributed by atoms with Gasteiger partial charge in [0.15, 0.2) is 0 Å². The Labute approximate surface area is 148 Å². The van der Waals surface area contributed by atoms with E-state index in [2.05, 4.69) is 23.2 Å². The van der Waals surface area contributed by atoms with Crippen LogP contribution in [0.3, 0.4) is 0 Å². The first-order chi connectivity index (χ1) is 11.6. The Bertz CT molecular complexity index is 1130. The molecule has 0 radical (unpaired) electrons. The Balaban J connectivity index is 1.88. The highest BCUT2D eigenvalue weighted by Gasteiger charge is 2.10. The Morgan fingerprint density at radius 3 is 2.62 bits per heavy atom. The minimum atomic E-state index is -0.155. The molecule has 1 aromatic heterocycles. The Morgan fingerprint density at radius 1 is 0.958 bits per heavy atom. The maximum absolute atomic E-state index is 12.8. The molecule has 0 bridgehead atoms. The lowest BCUT2D eigenvalue weighted by atomic mass is 10.0. The molecule has 4 aromatic rings. The van der Waals surface area contributed by atoms with Crippen LogP contribution < -0.4 is 5.56 Å². The van der Waals surface area contributed by atoms with Crippen LogP contribution in [-0.2, 0) is 6.54 Å². The van der Waals surface area contributed by atoms with Crippen molar-refractivity contribution in [3.05, 3.63) is 86.9 Å². The Morgan fingerprint density at radius 2 is 1.75 bits per heavy atom. The van der Waals surface area contributed by atoms with E-state index in [-0.39, 0.29) is 5.56 Å². The van der Waals surface area contributed by atoms with E-state index >= 15 is 0 Å². The summed E-state index contributed by atoms with van der Waals surface area (Å²) in [5, 5.41) is 3.50. The fourth-order valence-corrected chi connectivity index (χ4v) is 3.46. The van der Waals surface area contributed by atoms with E-state index in [1.54, 1.807) is 16.7 Å². The van der Waals surface area contributed by atoms with Crippen LogP contribution in [0.5, 0.6) is 0 Å². The number of fused-ring (bicyclic) bond motifs is 2. The number of halogens is 2. The molecule has 0 saturated carbocycles. The first-order valence-corrected chi connectivity index (χ1v) is 8.20. The van der Waals surface area contributed by atoms with Gasteiger partial charge in [0.2, 0.25) is 0 Å². The van der Waals surface area contributed by atoms with Crippen LogP contribution in [0.4, 0.5) is 0 Å². The molecule has 0 aliphatic rings. The third-order valence-electron chi connectivity index (χ3n) is 4.07. The molecular weight excluding hydrogens is 343 g/mol. The lowest BCUT2D eigenvalue weighted by molar-refractivity contribution is 0.752. The van der Waals surface area contributed by atoms with Gasteiger partial charge in [-0.25, -0.2) is 4.98 Å². The molecule has 0 N–H and O–H groups in total. The monoisotopic (exact) mass is 354 g/mol. The molecule has 5 heteroatoms. The van der Waals surface area contributed by atoms with Crippen molar-refractivity contribution in [3.63, 3.8) is 0 Å². The third-order valence-corrected chi connectivity index (χ3v) is 4.57. The summed E-state index contributed by atoms with van der Waals surface area (Å²) in [6, 6.07) is 17.4. The standard InChI is InChI=1S/C19H12Cl2N2O/c20-14-8-16-18(17(21)9-14)22-11-23(19(16)24)10-13-6-3-5-12-4-1-2-7-15(12)13/h1-9,11H,10H2. The van der Waals surface area contributed by atoms with Crippen molar-refractivity contribution < 1.29 is 0 Å². The van der Waals surface area contributed by atoms with Gasteiger partial charge < -0.3 is 0 Å². The van der Waals surface area contributed by atoms with Crippen LogP contribution in [0.1, 0.15) is 5.56 Å². The number of hydrogen-bond donors (Lipinski definition) is 0. The first-order valence-electron chi connectivity index (χ1n) is 7.44. The lowest BCUT2D eigenvalue weighted by Crippen LogP contribution is -2.21. The second-order valence-corrected chi connectivity index (χ2v) is 6.44. The maximum Gasteiger partial charge on any atom is 0.261 e. The second-order valence-electron chi connectivity index (χ2n) is 5.60. The topological polar surface area (TPSA) is 34.9 Å². The lowest BCUT2D eigenvalue weighted by Gasteiger charge is -2.10. The van der Waals surface area contributed by atoms with Gasteiger partial charge in [0, 0.05) is 5.02 Å².